The van der Waals surface area contributed by atoms with E-state index in [1.54, 1.807) is 12.1 Å². The molecule has 2 atom stereocenters. The molecule has 1 N–H and O–H groups in total. The minimum atomic E-state index is -0.320. The number of hydrogen-bond acceptors (Lipinski definition) is 4. The minimum Gasteiger partial charge on any atom is -0.486 e. The van der Waals surface area contributed by atoms with E-state index in [9.17, 15) is 9.18 Å². The fourth-order valence-corrected chi connectivity index (χ4v) is 2.63. The molecule has 0 saturated carbocycles. The first-order valence-electron chi connectivity index (χ1n) is 8.01. The predicted molar refractivity (Wildman–Crippen MR) is 85.3 cm³/mol. The van der Waals surface area contributed by atoms with E-state index >= 15 is 0 Å². The summed E-state index contributed by atoms with van der Waals surface area (Å²) in [6, 6.07) is 8.95. The highest BCUT2D eigenvalue weighted by Gasteiger charge is 2.24. The lowest BCUT2D eigenvalue weighted by molar-refractivity contribution is 0.0694. The smallest absolute Gasteiger partial charge is 0.287 e. The third kappa shape index (κ3) is 4.14. The van der Waals surface area contributed by atoms with Crippen LogP contribution in [0.3, 0.4) is 0 Å². The Morgan fingerprint density at radius 1 is 1.33 bits per heavy atom. The highest BCUT2D eigenvalue weighted by atomic mass is 19.1. The second kappa shape index (κ2) is 7.49. The van der Waals surface area contributed by atoms with Crippen molar-refractivity contribution in [1.82, 2.24) is 5.32 Å². The van der Waals surface area contributed by atoms with E-state index in [1.807, 2.05) is 6.92 Å². The predicted octanol–water partition coefficient (Wildman–Crippen LogP) is 3.30. The lowest BCUT2D eigenvalue weighted by atomic mass is 10.1. The van der Waals surface area contributed by atoms with Crippen molar-refractivity contribution >= 4 is 5.91 Å². The van der Waals surface area contributed by atoms with Gasteiger partial charge in [0.2, 0.25) is 0 Å². The molecule has 6 heteroatoms. The summed E-state index contributed by atoms with van der Waals surface area (Å²) in [5.41, 5.74) is 0. The fraction of sp³-hybridized carbons (Fsp3) is 0.389. The Balaban J connectivity index is 1.52. The molecule has 3 rings (SSSR count). The summed E-state index contributed by atoms with van der Waals surface area (Å²) in [5.74, 6) is 0.698. The maximum Gasteiger partial charge on any atom is 0.287 e. The first-order valence-corrected chi connectivity index (χ1v) is 8.01. The van der Waals surface area contributed by atoms with Crippen molar-refractivity contribution in [2.45, 2.75) is 38.5 Å². The van der Waals surface area contributed by atoms with Crippen molar-refractivity contribution in [2.24, 2.45) is 0 Å². The highest BCUT2D eigenvalue weighted by molar-refractivity contribution is 5.91. The topological polar surface area (TPSA) is 60.7 Å². The van der Waals surface area contributed by atoms with Crippen LogP contribution in [-0.4, -0.2) is 24.7 Å². The molecule has 0 radical (unpaired) electrons. The van der Waals surface area contributed by atoms with E-state index in [4.69, 9.17) is 13.9 Å². The van der Waals surface area contributed by atoms with E-state index in [-0.39, 0.29) is 36.2 Å². The van der Waals surface area contributed by atoms with Crippen molar-refractivity contribution in [2.75, 3.05) is 6.61 Å². The number of rotatable bonds is 6. The number of furan rings is 1. The lowest BCUT2D eigenvalue weighted by Gasteiger charge is -2.19. The molecule has 1 saturated heterocycles. The van der Waals surface area contributed by atoms with Crippen LogP contribution in [-0.2, 0) is 11.3 Å². The SMILES string of the molecule is CC(NC(=O)c1ccc(COc2ccc(F)cc2)o1)C1CCCO1. The van der Waals surface area contributed by atoms with Gasteiger partial charge in [-0.05, 0) is 56.2 Å². The van der Waals surface area contributed by atoms with Crippen molar-refractivity contribution in [3.05, 3.63) is 53.7 Å². The Bertz CT molecular complexity index is 677. The zero-order valence-corrected chi connectivity index (χ0v) is 13.5. The van der Waals surface area contributed by atoms with Crippen LogP contribution in [0.2, 0.25) is 0 Å². The largest absolute Gasteiger partial charge is 0.486 e. The molecule has 2 unspecified atom stereocenters. The summed E-state index contributed by atoms with van der Waals surface area (Å²) >= 11 is 0. The van der Waals surface area contributed by atoms with Crippen molar-refractivity contribution < 1.29 is 23.1 Å². The third-order valence-corrected chi connectivity index (χ3v) is 3.96. The first kappa shape index (κ1) is 16.5. The van der Waals surface area contributed by atoms with E-state index in [0.29, 0.717) is 11.5 Å². The third-order valence-electron chi connectivity index (χ3n) is 3.96. The number of benzene rings is 1. The van der Waals surface area contributed by atoms with E-state index in [1.165, 1.54) is 24.3 Å². The molecule has 0 bridgehead atoms. The summed E-state index contributed by atoms with van der Waals surface area (Å²) in [6.45, 7) is 2.84. The average Bonchev–Trinajstić information content (AvgIpc) is 3.26. The number of halogens is 1. The van der Waals surface area contributed by atoms with E-state index in [2.05, 4.69) is 5.32 Å². The van der Waals surface area contributed by atoms with Crippen LogP contribution in [0.1, 0.15) is 36.1 Å². The van der Waals surface area contributed by atoms with Crippen LogP contribution in [0.5, 0.6) is 5.75 Å². The molecule has 128 valence electrons. The van der Waals surface area contributed by atoms with Crippen molar-refractivity contribution in [3.63, 3.8) is 0 Å². The van der Waals surface area contributed by atoms with Gasteiger partial charge >= 0.3 is 0 Å². The monoisotopic (exact) mass is 333 g/mol. The number of carbonyl (C=O) groups excluding carboxylic acids is 1. The van der Waals surface area contributed by atoms with Crippen LogP contribution >= 0.6 is 0 Å². The molecule has 0 spiro atoms. The van der Waals surface area contributed by atoms with Crippen LogP contribution in [0.4, 0.5) is 4.39 Å². The van der Waals surface area contributed by atoms with E-state index < -0.39 is 0 Å². The summed E-state index contributed by atoms with van der Waals surface area (Å²) < 4.78 is 29.4. The molecule has 1 aliphatic heterocycles. The van der Waals surface area contributed by atoms with Crippen LogP contribution in [0, 0.1) is 5.82 Å². The molecule has 1 aliphatic rings. The molecular formula is C18H20FNO4. The Morgan fingerprint density at radius 2 is 2.12 bits per heavy atom. The highest BCUT2D eigenvalue weighted by Crippen LogP contribution is 2.17. The van der Waals surface area contributed by atoms with Gasteiger partial charge in [-0.1, -0.05) is 0 Å². The number of ether oxygens (including phenoxy) is 2. The number of amides is 1. The minimum absolute atomic E-state index is 0.0604. The second-order valence-corrected chi connectivity index (χ2v) is 5.82. The van der Waals surface area contributed by atoms with Gasteiger partial charge < -0.3 is 19.2 Å². The Hall–Kier alpha value is -2.34. The molecule has 1 amide bonds. The van der Waals surface area contributed by atoms with Gasteiger partial charge in [-0.25, -0.2) is 4.39 Å². The van der Waals surface area contributed by atoms with Gasteiger partial charge in [0, 0.05) is 6.61 Å². The van der Waals surface area contributed by atoms with Gasteiger partial charge in [-0.15, -0.1) is 0 Å². The quantitative estimate of drug-likeness (QED) is 0.881. The summed E-state index contributed by atoms with van der Waals surface area (Å²) in [6.07, 6.45) is 2.04. The maximum atomic E-state index is 12.8. The Kier molecular flexibility index (Phi) is 5.15. The van der Waals surface area contributed by atoms with Crippen LogP contribution in [0.15, 0.2) is 40.8 Å². The molecule has 2 heterocycles. The Labute approximate surface area is 139 Å². The van der Waals surface area contributed by atoms with E-state index in [0.717, 1.165) is 19.4 Å². The average molecular weight is 333 g/mol. The summed E-state index contributed by atoms with van der Waals surface area (Å²) in [7, 11) is 0. The van der Waals surface area contributed by atoms with Crippen molar-refractivity contribution in [1.29, 1.82) is 0 Å². The first-order chi connectivity index (χ1) is 11.6. The molecule has 1 aromatic carbocycles. The summed E-state index contributed by atoms with van der Waals surface area (Å²) in [4.78, 5) is 12.2. The Morgan fingerprint density at radius 3 is 2.83 bits per heavy atom. The molecule has 2 aromatic rings. The maximum absolute atomic E-state index is 12.8. The summed E-state index contributed by atoms with van der Waals surface area (Å²) in [5, 5.41) is 2.89. The van der Waals surface area contributed by atoms with Gasteiger partial charge in [0.1, 0.15) is 23.9 Å². The number of hydrogen-bond donors (Lipinski definition) is 1. The second-order valence-electron chi connectivity index (χ2n) is 5.82. The van der Waals surface area contributed by atoms with Gasteiger partial charge in [0.25, 0.3) is 5.91 Å². The number of nitrogens with one attached hydrogen (secondary N) is 1. The molecular weight excluding hydrogens is 313 g/mol. The molecule has 1 fully saturated rings. The number of carbonyl (C=O) groups is 1. The molecule has 1 aromatic heterocycles. The van der Waals surface area contributed by atoms with Gasteiger partial charge in [0.15, 0.2) is 5.76 Å². The molecule has 0 aliphatic carbocycles. The lowest BCUT2D eigenvalue weighted by Crippen LogP contribution is -2.40. The van der Waals surface area contributed by atoms with Gasteiger partial charge in [-0.2, -0.15) is 0 Å². The zero-order chi connectivity index (χ0) is 16.9. The normalized spacial score (nSPS) is 18.3. The zero-order valence-electron chi connectivity index (χ0n) is 13.5. The fourth-order valence-electron chi connectivity index (χ4n) is 2.63. The van der Waals surface area contributed by atoms with Gasteiger partial charge in [-0.3, -0.25) is 4.79 Å². The van der Waals surface area contributed by atoms with Crippen LogP contribution < -0.4 is 10.1 Å². The standard InChI is InChI=1S/C18H20FNO4/c1-12(16-3-2-10-22-16)20-18(21)17-9-8-15(24-17)11-23-14-6-4-13(19)5-7-14/h4-9,12,16H,2-3,10-11H2,1H3,(H,20,21). The van der Waals surface area contributed by atoms with Gasteiger partial charge in [0.05, 0.1) is 12.1 Å². The van der Waals surface area contributed by atoms with Crippen LogP contribution in [0.25, 0.3) is 0 Å². The molecule has 5 nitrogen and oxygen atoms in total. The van der Waals surface area contributed by atoms with Crippen molar-refractivity contribution in [3.8, 4) is 5.75 Å². The molecule has 24 heavy (non-hydrogen) atoms.